The van der Waals surface area contributed by atoms with E-state index in [0.717, 1.165) is 61.4 Å². The van der Waals surface area contributed by atoms with Gasteiger partial charge in [0, 0.05) is 54.7 Å². The summed E-state index contributed by atoms with van der Waals surface area (Å²) in [5.41, 5.74) is 3.88. The summed E-state index contributed by atoms with van der Waals surface area (Å²) in [6.45, 7) is 10.6. The number of carbonyl (C=O) groups excluding carboxylic acids is 1. The summed E-state index contributed by atoms with van der Waals surface area (Å²) in [5.74, 6) is 2.84. The van der Waals surface area contributed by atoms with E-state index in [1.54, 1.807) is 41.5 Å². The molecule has 7 heteroatoms. The van der Waals surface area contributed by atoms with Crippen LogP contribution in [0.1, 0.15) is 42.9 Å². The van der Waals surface area contributed by atoms with E-state index in [1.165, 1.54) is 0 Å². The minimum atomic E-state index is -0.615. The summed E-state index contributed by atoms with van der Waals surface area (Å²) >= 11 is 0. The Morgan fingerprint density at radius 2 is 1.42 bits per heavy atom. The number of allylic oxidation sites excluding steroid dienone is 2. The molecule has 1 N–H and O–H groups in total. The van der Waals surface area contributed by atoms with Crippen molar-refractivity contribution in [2.45, 2.75) is 41.5 Å². The Bertz CT molecular complexity index is 1980. The summed E-state index contributed by atoms with van der Waals surface area (Å²) < 4.78 is 20.3. The van der Waals surface area contributed by atoms with E-state index < -0.39 is 10.8 Å². The number of hydrogen-bond acceptors (Lipinski definition) is 5. The second kappa shape index (κ2) is 12.3. The van der Waals surface area contributed by atoms with Gasteiger partial charge in [-0.3, -0.25) is 4.79 Å². The summed E-state index contributed by atoms with van der Waals surface area (Å²) in [7, 11) is 0. The predicted molar refractivity (Wildman–Crippen MR) is 178 cm³/mol. The Hall–Kier alpha value is -4.19. The standard InChI is InChI=1S/C27H15BNO2.C11H20O2.Ir/c1-2-8-18-16-29-22(15-17(18)7-1)19-13-14-25-26-27(19)31-24-12-6-4-10-21(24)28(26)20-9-3-5-11-23(20)30-25;1-10(2,3)8(12)7-9(13)11(4,5)6;/h1-12,14-16H;7,12H,1-6H3;/q-1;;/b;8-7-;/i;7D;. The molecule has 2 aliphatic heterocycles. The Labute approximate surface area is 280 Å². The molecule has 0 aliphatic carbocycles. The van der Waals surface area contributed by atoms with E-state index in [2.05, 4.69) is 48.5 Å². The summed E-state index contributed by atoms with van der Waals surface area (Å²) in [4.78, 5) is 16.4. The number of rotatable bonds is 2. The van der Waals surface area contributed by atoms with Crippen LogP contribution in [-0.4, -0.2) is 22.6 Å². The second-order valence-electron chi connectivity index (χ2n) is 13.2. The van der Waals surface area contributed by atoms with Gasteiger partial charge in [-0.1, -0.05) is 119 Å². The third-order valence-electron chi connectivity index (χ3n) is 7.78. The zero-order chi connectivity index (χ0) is 32.1. The zero-order valence-corrected chi connectivity index (χ0v) is 28.6. The van der Waals surface area contributed by atoms with Crippen LogP contribution in [-0.2, 0) is 24.9 Å². The fourth-order valence-corrected chi connectivity index (χ4v) is 5.22. The van der Waals surface area contributed by atoms with Crippen molar-refractivity contribution < 1.29 is 40.9 Å². The smallest absolute Gasteiger partial charge is 0.239 e. The topological polar surface area (TPSA) is 68.7 Å². The SMILES string of the molecule is [2H]/C(C(=O)C(C)(C)C)=C(/O)C(C)(C)C.[Ir].[c-]1cc2c3c(c1-c1cc4ccccc4cn1)Oc1ccccc1B3c1ccccc1O2. The summed E-state index contributed by atoms with van der Waals surface area (Å²) in [5, 5.41) is 11.9. The molecule has 4 aromatic carbocycles. The van der Waals surface area contributed by atoms with E-state index in [4.69, 9.17) is 15.8 Å². The minimum absolute atomic E-state index is 0. The molecule has 0 atom stereocenters. The van der Waals surface area contributed by atoms with Crippen molar-refractivity contribution in [3.05, 3.63) is 109 Å². The predicted octanol–water partition coefficient (Wildman–Crippen LogP) is 7.52. The zero-order valence-electron chi connectivity index (χ0n) is 27.2. The molecular formula is C38H35BIrNO4-. The van der Waals surface area contributed by atoms with Crippen molar-refractivity contribution in [2.75, 3.05) is 0 Å². The molecule has 3 heterocycles. The molecule has 0 amide bonds. The second-order valence-corrected chi connectivity index (χ2v) is 13.2. The van der Waals surface area contributed by atoms with Crippen LogP contribution in [0.15, 0.2) is 103 Å². The molecule has 229 valence electrons. The van der Waals surface area contributed by atoms with Crippen LogP contribution in [0.3, 0.4) is 0 Å². The maximum Gasteiger partial charge on any atom is 0.239 e. The van der Waals surface area contributed by atoms with Crippen molar-refractivity contribution in [2.24, 2.45) is 10.8 Å². The molecule has 2 aliphatic rings. The number of benzene rings is 4. The number of aromatic nitrogens is 1. The third-order valence-corrected chi connectivity index (χ3v) is 7.78. The van der Waals surface area contributed by atoms with Gasteiger partial charge in [0.2, 0.25) is 6.71 Å². The van der Waals surface area contributed by atoms with Crippen LogP contribution in [0.4, 0.5) is 0 Å². The normalized spacial score (nSPS) is 13.6. The molecule has 0 saturated carbocycles. The Morgan fingerprint density at radius 1 is 0.844 bits per heavy atom. The molecule has 1 radical (unpaired) electrons. The van der Waals surface area contributed by atoms with Crippen LogP contribution in [0.2, 0.25) is 0 Å². The Morgan fingerprint density at radius 3 is 2.04 bits per heavy atom. The van der Waals surface area contributed by atoms with Crippen LogP contribution in [0.25, 0.3) is 22.0 Å². The summed E-state index contributed by atoms with van der Waals surface area (Å²) in [6.07, 6.45) is 1.91. The van der Waals surface area contributed by atoms with Gasteiger partial charge in [0.05, 0.1) is 1.37 Å². The largest absolute Gasteiger partial charge is 0.512 e. The number of pyridine rings is 1. The van der Waals surface area contributed by atoms with Gasteiger partial charge in [0.15, 0.2) is 5.78 Å². The molecule has 0 bridgehead atoms. The fraction of sp³-hybridized carbons (Fsp3) is 0.211. The van der Waals surface area contributed by atoms with E-state index in [9.17, 15) is 9.90 Å². The average Bonchev–Trinajstić information content (AvgIpc) is 3.02. The first kappa shape index (κ1) is 30.8. The molecule has 5 nitrogen and oxygen atoms in total. The van der Waals surface area contributed by atoms with Gasteiger partial charge in [-0.25, -0.2) is 0 Å². The van der Waals surface area contributed by atoms with Crippen molar-refractivity contribution >= 4 is 39.7 Å². The van der Waals surface area contributed by atoms with Crippen LogP contribution < -0.4 is 25.9 Å². The van der Waals surface area contributed by atoms with Gasteiger partial charge in [-0.05, 0) is 39.5 Å². The number of carbonyl (C=O) groups is 1. The van der Waals surface area contributed by atoms with Gasteiger partial charge in [0.25, 0.3) is 0 Å². The van der Waals surface area contributed by atoms with Crippen LogP contribution in [0, 0.1) is 16.9 Å². The van der Waals surface area contributed by atoms with Gasteiger partial charge >= 0.3 is 0 Å². The number of para-hydroxylation sites is 2. The molecule has 0 unspecified atom stereocenters. The number of ether oxygens (including phenoxy) is 2. The molecule has 0 fully saturated rings. The van der Waals surface area contributed by atoms with E-state index in [1.807, 2.05) is 48.7 Å². The number of aliphatic hydroxyl groups is 1. The first-order valence-electron chi connectivity index (χ1n) is 15.3. The number of fused-ring (bicyclic) bond motifs is 5. The van der Waals surface area contributed by atoms with Gasteiger partial charge in [-0.15, -0.1) is 12.1 Å². The van der Waals surface area contributed by atoms with E-state index >= 15 is 0 Å². The van der Waals surface area contributed by atoms with Crippen LogP contribution >= 0.6 is 0 Å². The molecule has 0 saturated heterocycles. The number of nitrogens with zero attached hydrogens (tertiary/aromatic N) is 1. The number of ketones is 1. The maximum absolute atomic E-state index is 11.6. The van der Waals surface area contributed by atoms with Gasteiger partial charge in [0.1, 0.15) is 17.3 Å². The van der Waals surface area contributed by atoms with Gasteiger partial charge in [-0.2, -0.15) is 0 Å². The summed E-state index contributed by atoms with van der Waals surface area (Å²) in [6, 6.07) is 31.9. The minimum Gasteiger partial charge on any atom is -0.512 e. The maximum atomic E-state index is 11.6. The average molecular weight is 774 g/mol. The molecule has 7 rings (SSSR count). The first-order chi connectivity index (χ1) is 21.3. The van der Waals surface area contributed by atoms with Crippen molar-refractivity contribution in [1.82, 2.24) is 4.98 Å². The quantitative estimate of drug-likeness (QED) is 0.0853. The van der Waals surface area contributed by atoms with Crippen molar-refractivity contribution in [3.63, 3.8) is 0 Å². The van der Waals surface area contributed by atoms with E-state index in [0.29, 0.717) is 0 Å². The first-order valence-corrected chi connectivity index (χ1v) is 14.8. The molecule has 1 aromatic heterocycles. The van der Waals surface area contributed by atoms with E-state index in [-0.39, 0.29) is 44.4 Å². The van der Waals surface area contributed by atoms with Crippen LogP contribution in [0.5, 0.6) is 23.0 Å². The number of aliphatic hydroxyl groups excluding tert-OH is 1. The molecule has 45 heavy (non-hydrogen) atoms. The molecular weight excluding hydrogens is 737 g/mol. The Balaban J connectivity index is 0.000000239. The molecule has 0 spiro atoms. The monoisotopic (exact) mass is 774 g/mol. The van der Waals surface area contributed by atoms with Gasteiger partial charge < -0.3 is 19.6 Å². The van der Waals surface area contributed by atoms with Crippen molar-refractivity contribution in [3.8, 4) is 34.3 Å². The fourth-order valence-electron chi connectivity index (χ4n) is 5.22. The van der Waals surface area contributed by atoms with Crippen molar-refractivity contribution in [1.29, 1.82) is 0 Å². The molecule has 5 aromatic rings. The Kier molecular flexibility index (Phi) is 8.43. The number of hydrogen-bond donors (Lipinski definition) is 1. The third kappa shape index (κ3) is 6.33.